The van der Waals surface area contributed by atoms with E-state index in [1.165, 1.54) is 0 Å². The molecule has 3 heterocycles. The summed E-state index contributed by atoms with van der Waals surface area (Å²) in [5, 5.41) is 18.3. The Labute approximate surface area is 142 Å². The molecule has 0 radical (unpaired) electrons. The van der Waals surface area contributed by atoms with E-state index in [0.29, 0.717) is 18.2 Å². The summed E-state index contributed by atoms with van der Waals surface area (Å²) >= 11 is 1.56. The molecule has 0 aliphatic rings. The molecule has 24 heavy (non-hydrogen) atoms. The quantitative estimate of drug-likeness (QED) is 0.686. The average Bonchev–Trinajstić information content (AvgIpc) is 3.28. The molecule has 0 unspecified atom stereocenters. The van der Waals surface area contributed by atoms with Crippen LogP contribution in [0.5, 0.6) is 0 Å². The van der Waals surface area contributed by atoms with Gasteiger partial charge in [-0.1, -0.05) is 6.07 Å². The Hall–Kier alpha value is -2.42. The molecule has 0 saturated heterocycles. The van der Waals surface area contributed by atoms with Crippen LogP contribution in [0.25, 0.3) is 10.6 Å². The lowest BCUT2D eigenvalue weighted by atomic mass is 10.3. The molecule has 0 aliphatic heterocycles. The number of rotatable bonds is 7. The van der Waals surface area contributed by atoms with Crippen LogP contribution in [0.3, 0.4) is 0 Å². The number of aliphatic hydroxyl groups is 1. The van der Waals surface area contributed by atoms with Crippen LogP contribution >= 0.6 is 11.3 Å². The monoisotopic (exact) mass is 347 g/mol. The van der Waals surface area contributed by atoms with Gasteiger partial charge in [0.15, 0.2) is 5.76 Å². The first-order valence-electron chi connectivity index (χ1n) is 7.33. The number of methoxy groups -OCH3 is 1. The summed E-state index contributed by atoms with van der Waals surface area (Å²) in [6.07, 6.45) is 0. The maximum atomic E-state index is 12.3. The number of furan rings is 1. The van der Waals surface area contributed by atoms with Gasteiger partial charge in [-0.2, -0.15) is 5.10 Å². The Morgan fingerprint density at radius 2 is 2.33 bits per heavy atom. The maximum Gasteiger partial charge on any atom is 0.292 e. The Morgan fingerprint density at radius 1 is 1.46 bits per heavy atom. The van der Waals surface area contributed by atoms with Gasteiger partial charge in [0.1, 0.15) is 23.9 Å². The minimum atomic E-state index is -0.380. The van der Waals surface area contributed by atoms with Crippen molar-refractivity contribution in [3.63, 3.8) is 0 Å². The molecule has 3 rings (SSSR count). The summed E-state index contributed by atoms with van der Waals surface area (Å²) in [5.41, 5.74) is 0.744. The molecule has 126 valence electrons. The molecule has 7 nitrogen and oxygen atoms in total. The highest BCUT2D eigenvalue weighted by molar-refractivity contribution is 7.13. The second-order valence-corrected chi connectivity index (χ2v) is 5.94. The topological polar surface area (TPSA) is 89.5 Å². The van der Waals surface area contributed by atoms with Crippen LogP contribution in [0.15, 0.2) is 40.1 Å². The maximum absolute atomic E-state index is 12.3. The first-order chi connectivity index (χ1) is 11.7. The Balaban J connectivity index is 1.81. The van der Waals surface area contributed by atoms with E-state index in [9.17, 15) is 9.90 Å². The molecule has 3 aromatic rings. The van der Waals surface area contributed by atoms with Gasteiger partial charge in [-0.05, 0) is 23.6 Å². The van der Waals surface area contributed by atoms with E-state index in [4.69, 9.17) is 9.15 Å². The lowest BCUT2D eigenvalue weighted by Crippen LogP contribution is -2.16. The van der Waals surface area contributed by atoms with E-state index < -0.39 is 0 Å². The fourth-order valence-electron chi connectivity index (χ4n) is 2.22. The highest BCUT2D eigenvalue weighted by Gasteiger charge is 2.16. The largest absolute Gasteiger partial charge is 0.453 e. The van der Waals surface area contributed by atoms with E-state index >= 15 is 0 Å². The summed E-state index contributed by atoms with van der Waals surface area (Å²) in [6, 6.07) is 8.95. The van der Waals surface area contributed by atoms with E-state index in [1.807, 2.05) is 17.5 Å². The van der Waals surface area contributed by atoms with Crippen molar-refractivity contribution in [3.05, 3.63) is 47.2 Å². The van der Waals surface area contributed by atoms with Gasteiger partial charge >= 0.3 is 0 Å². The second kappa shape index (κ2) is 7.43. The number of aliphatic hydroxyl groups excluding tert-OH is 1. The number of aromatic nitrogens is 2. The standard InChI is InChI=1S/C16H17N3O4S/c1-22-10-11-4-5-13(23-11)16(21)17-15-9-12(14-3-2-8-24-14)18-19(15)6-7-20/h2-5,8-9,20H,6-7,10H2,1H3,(H,17,21). The van der Waals surface area contributed by atoms with E-state index in [0.717, 1.165) is 10.6 Å². The van der Waals surface area contributed by atoms with Crippen molar-refractivity contribution in [2.45, 2.75) is 13.2 Å². The Bertz CT molecular complexity index is 807. The minimum absolute atomic E-state index is 0.0762. The average molecular weight is 347 g/mol. The number of nitrogens with one attached hydrogen (secondary N) is 1. The van der Waals surface area contributed by atoms with Crippen molar-refractivity contribution in [3.8, 4) is 10.6 Å². The molecule has 0 atom stereocenters. The molecular formula is C16H17N3O4S. The van der Waals surface area contributed by atoms with E-state index in [1.54, 1.807) is 41.3 Å². The van der Waals surface area contributed by atoms with Crippen LogP contribution in [-0.2, 0) is 17.9 Å². The number of ether oxygens (including phenoxy) is 1. The number of amides is 1. The lowest BCUT2D eigenvalue weighted by Gasteiger charge is -2.06. The Morgan fingerprint density at radius 3 is 3.04 bits per heavy atom. The molecule has 2 N–H and O–H groups in total. The van der Waals surface area contributed by atoms with Gasteiger partial charge in [-0.3, -0.25) is 4.79 Å². The van der Waals surface area contributed by atoms with Gasteiger partial charge in [0.25, 0.3) is 5.91 Å². The van der Waals surface area contributed by atoms with Gasteiger partial charge in [0, 0.05) is 13.2 Å². The molecule has 0 saturated carbocycles. The number of carbonyl (C=O) groups excluding carboxylic acids is 1. The minimum Gasteiger partial charge on any atom is -0.453 e. The number of nitrogens with zero attached hydrogens (tertiary/aromatic N) is 2. The second-order valence-electron chi connectivity index (χ2n) is 4.99. The van der Waals surface area contributed by atoms with E-state index in [2.05, 4.69) is 10.4 Å². The summed E-state index contributed by atoms with van der Waals surface area (Å²) in [5.74, 6) is 0.888. The van der Waals surface area contributed by atoms with Crippen LogP contribution in [0.4, 0.5) is 5.82 Å². The summed E-state index contributed by atoms with van der Waals surface area (Å²) in [7, 11) is 1.56. The van der Waals surface area contributed by atoms with Crippen LogP contribution in [-0.4, -0.2) is 34.5 Å². The van der Waals surface area contributed by atoms with Crippen molar-refractivity contribution in [2.75, 3.05) is 19.0 Å². The molecule has 0 bridgehead atoms. The number of anilines is 1. The molecule has 0 aliphatic carbocycles. The van der Waals surface area contributed by atoms with Crippen molar-refractivity contribution >= 4 is 23.1 Å². The predicted octanol–water partition coefficient (Wildman–Crippen LogP) is 2.60. The zero-order valence-electron chi connectivity index (χ0n) is 13.1. The zero-order chi connectivity index (χ0) is 16.9. The van der Waals surface area contributed by atoms with Gasteiger partial charge in [0.05, 0.1) is 18.0 Å². The molecule has 0 spiro atoms. The van der Waals surface area contributed by atoms with Crippen LogP contribution in [0.2, 0.25) is 0 Å². The first-order valence-corrected chi connectivity index (χ1v) is 8.21. The highest BCUT2D eigenvalue weighted by atomic mass is 32.1. The molecular weight excluding hydrogens is 330 g/mol. The van der Waals surface area contributed by atoms with Gasteiger partial charge in [0.2, 0.25) is 0 Å². The van der Waals surface area contributed by atoms with Crippen molar-refractivity contribution in [1.82, 2.24) is 9.78 Å². The van der Waals surface area contributed by atoms with Crippen LogP contribution < -0.4 is 5.32 Å². The first kappa shape index (κ1) is 16.4. The fraction of sp³-hybridized carbons (Fsp3) is 0.250. The lowest BCUT2D eigenvalue weighted by molar-refractivity contribution is 0.0986. The van der Waals surface area contributed by atoms with Crippen LogP contribution in [0, 0.1) is 0 Å². The van der Waals surface area contributed by atoms with Gasteiger partial charge < -0.3 is 19.6 Å². The number of hydrogen-bond donors (Lipinski definition) is 2. The predicted molar refractivity (Wildman–Crippen MR) is 90.0 cm³/mol. The number of hydrogen-bond acceptors (Lipinski definition) is 6. The van der Waals surface area contributed by atoms with Crippen molar-refractivity contribution in [2.24, 2.45) is 0 Å². The smallest absolute Gasteiger partial charge is 0.292 e. The van der Waals surface area contributed by atoms with Crippen molar-refractivity contribution < 1.29 is 19.1 Å². The zero-order valence-corrected chi connectivity index (χ0v) is 13.9. The third-order valence-electron chi connectivity index (χ3n) is 3.28. The molecule has 0 fully saturated rings. The normalized spacial score (nSPS) is 10.9. The summed E-state index contributed by atoms with van der Waals surface area (Å²) < 4.78 is 12.0. The fourth-order valence-corrected chi connectivity index (χ4v) is 2.91. The highest BCUT2D eigenvalue weighted by Crippen LogP contribution is 2.26. The molecule has 1 amide bonds. The van der Waals surface area contributed by atoms with Gasteiger partial charge in [-0.25, -0.2) is 4.68 Å². The third-order valence-corrected chi connectivity index (χ3v) is 4.17. The summed E-state index contributed by atoms with van der Waals surface area (Å²) in [4.78, 5) is 13.3. The molecule has 8 heteroatoms. The van der Waals surface area contributed by atoms with Crippen molar-refractivity contribution in [1.29, 1.82) is 0 Å². The molecule has 3 aromatic heterocycles. The Kier molecular flexibility index (Phi) is 5.09. The summed E-state index contributed by atoms with van der Waals surface area (Å²) in [6.45, 7) is 0.513. The van der Waals surface area contributed by atoms with Gasteiger partial charge in [-0.15, -0.1) is 11.3 Å². The SMILES string of the molecule is COCc1ccc(C(=O)Nc2cc(-c3cccs3)nn2CCO)o1. The van der Waals surface area contributed by atoms with Crippen LogP contribution in [0.1, 0.15) is 16.3 Å². The third kappa shape index (κ3) is 3.56. The number of carbonyl (C=O) groups is 1. The van der Waals surface area contributed by atoms with E-state index in [-0.39, 0.29) is 24.8 Å². The molecule has 0 aromatic carbocycles. The number of thiophene rings is 1.